The highest BCUT2D eigenvalue weighted by atomic mass is 16.5. The van der Waals surface area contributed by atoms with Crippen LogP contribution < -0.4 is 10.1 Å². The highest BCUT2D eigenvalue weighted by Crippen LogP contribution is 2.18. The van der Waals surface area contributed by atoms with E-state index in [2.05, 4.69) is 31.3 Å². The zero-order valence-electron chi connectivity index (χ0n) is 13.2. The molecule has 0 aromatic heterocycles. The molecule has 3 nitrogen and oxygen atoms in total. The summed E-state index contributed by atoms with van der Waals surface area (Å²) < 4.78 is 11.0. The van der Waals surface area contributed by atoms with Crippen LogP contribution in [0.3, 0.4) is 0 Å². The average Bonchev–Trinajstić information content (AvgIpc) is 2.50. The minimum Gasteiger partial charge on any atom is -0.497 e. The molecule has 0 heterocycles. The van der Waals surface area contributed by atoms with Crippen LogP contribution in [0.1, 0.15) is 51.1 Å². The molecule has 0 radical (unpaired) electrons. The maximum atomic E-state index is 5.81. The van der Waals surface area contributed by atoms with Crippen molar-refractivity contribution in [3.05, 3.63) is 29.8 Å². The van der Waals surface area contributed by atoms with Gasteiger partial charge in [-0.05, 0) is 30.7 Å². The third-order valence-electron chi connectivity index (χ3n) is 3.40. The Labute approximate surface area is 123 Å². The standard InChI is InChI=1S/C17H29NO2/c1-4-6-7-8-13-20-14-17(18-5-2)15-9-11-16(19-3)12-10-15/h9-12,17-18H,4-8,13-14H2,1-3H3. The van der Waals surface area contributed by atoms with Crippen molar-refractivity contribution in [2.75, 3.05) is 26.9 Å². The summed E-state index contributed by atoms with van der Waals surface area (Å²) in [5, 5.41) is 3.47. The van der Waals surface area contributed by atoms with Crippen LogP contribution in [0.4, 0.5) is 0 Å². The summed E-state index contributed by atoms with van der Waals surface area (Å²) in [5.74, 6) is 0.893. The molecule has 20 heavy (non-hydrogen) atoms. The molecule has 3 heteroatoms. The summed E-state index contributed by atoms with van der Waals surface area (Å²) >= 11 is 0. The Morgan fingerprint density at radius 2 is 1.80 bits per heavy atom. The number of rotatable bonds is 11. The Morgan fingerprint density at radius 3 is 2.40 bits per heavy atom. The number of nitrogens with one attached hydrogen (secondary N) is 1. The minimum atomic E-state index is 0.261. The fourth-order valence-corrected chi connectivity index (χ4v) is 2.19. The monoisotopic (exact) mass is 279 g/mol. The quantitative estimate of drug-likeness (QED) is 0.622. The summed E-state index contributed by atoms with van der Waals surface area (Å²) in [6.45, 7) is 6.88. The first-order chi connectivity index (χ1) is 9.81. The number of methoxy groups -OCH3 is 1. The van der Waals surface area contributed by atoms with Crippen LogP contribution in [0.2, 0.25) is 0 Å². The van der Waals surface area contributed by atoms with Crippen LogP contribution in [0.25, 0.3) is 0 Å². The molecule has 0 amide bonds. The van der Waals surface area contributed by atoms with E-state index in [1.807, 2.05) is 12.1 Å². The summed E-state index contributed by atoms with van der Waals surface area (Å²) in [4.78, 5) is 0. The van der Waals surface area contributed by atoms with Crippen LogP contribution in [-0.2, 0) is 4.74 Å². The Balaban J connectivity index is 2.38. The normalized spacial score (nSPS) is 12.3. The fraction of sp³-hybridized carbons (Fsp3) is 0.647. The molecule has 0 aliphatic heterocycles. The third-order valence-corrected chi connectivity index (χ3v) is 3.40. The molecule has 114 valence electrons. The van der Waals surface area contributed by atoms with Crippen molar-refractivity contribution in [3.63, 3.8) is 0 Å². The second-order valence-electron chi connectivity index (χ2n) is 5.02. The van der Waals surface area contributed by atoms with Gasteiger partial charge in [-0.1, -0.05) is 45.2 Å². The van der Waals surface area contributed by atoms with E-state index in [4.69, 9.17) is 9.47 Å². The van der Waals surface area contributed by atoms with Gasteiger partial charge in [0.05, 0.1) is 19.8 Å². The van der Waals surface area contributed by atoms with Crippen molar-refractivity contribution in [1.29, 1.82) is 0 Å². The van der Waals surface area contributed by atoms with Gasteiger partial charge in [-0.15, -0.1) is 0 Å². The first-order valence-corrected chi connectivity index (χ1v) is 7.76. The maximum Gasteiger partial charge on any atom is 0.118 e. The second kappa shape index (κ2) is 10.7. The van der Waals surface area contributed by atoms with Gasteiger partial charge in [-0.3, -0.25) is 0 Å². The fourth-order valence-electron chi connectivity index (χ4n) is 2.19. The van der Waals surface area contributed by atoms with Crippen LogP contribution in [0, 0.1) is 0 Å². The minimum absolute atomic E-state index is 0.261. The van der Waals surface area contributed by atoms with Gasteiger partial charge in [0.2, 0.25) is 0 Å². The second-order valence-corrected chi connectivity index (χ2v) is 5.02. The number of benzene rings is 1. The molecule has 1 N–H and O–H groups in total. The molecule has 0 fully saturated rings. The lowest BCUT2D eigenvalue weighted by molar-refractivity contribution is 0.108. The molecule has 0 saturated carbocycles. The van der Waals surface area contributed by atoms with Crippen molar-refractivity contribution in [1.82, 2.24) is 5.32 Å². The predicted octanol–water partition coefficient (Wildman–Crippen LogP) is 3.94. The molecule has 1 unspecified atom stereocenters. The zero-order valence-corrected chi connectivity index (χ0v) is 13.2. The van der Waals surface area contributed by atoms with Gasteiger partial charge in [0.1, 0.15) is 5.75 Å². The largest absolute Gasteiger partial charge is 0.497 e. The van der Waals surface area contributed by atoms with Gasteiger partial charge >= 0.3 is 0 Å². The van der Waals surface area contributed by atoms with Gasteiger partial charge in [0.25, 0.3) is 0 Å². The Bertz CT molecular complexity index is 337. The van der Waals surface area contributed by atoms with E-state index in [-0.39, 0.29) is 6.04 Å². The van der Waals surface area contributed by atoms with Crippen LogP contribution in [-0.4, -0.2) is 26.9 Å². The molecule has 0 aliphatic rings. The number of ether oxygens (including phenoxy) is 2. The van der Waals surface area contributed by atoms with E-state index < -0.39 is 0 Å². The van der Waals surface area contributed by atoms with E-state index in [1.54, 1.807) is 7.11 Å². The molecule has 1 aromatic carbocycles. The molecule has 1 aromatic rings. The highest BCUT2D eigenvalue weighted by Gasteiger charge is 2.10. The molecule has 0 bridgehead atoms. The third kappa shape index (κ3) is 6.40. The maximum absolute atomic E-state index is 5.81. The molecule has 1 rings (SSSR count). The predicted molar refractivity (Wildman–Crippen MR) is 84.4 cm³/mol. The average molecular weight is 279 g/mol. The van der Waals surface area contributed by atoms with Crippen molar-refractivity contribution in [2.45, 2.75) is 45.6 Å². The number of likely N-dealkylation sites (N-methyl/N-ethyl adjacent to an activating group) is 1. The van der Waals surface area contributed by atoms with Gasteiger partial charge in [0.15, 0.2) is 0 Å². The first-order valence-electron chi connectivity index (χ1n) is 7.76. The van der Waals surface area contributed by atoms with E-state index in [1.165, 1.54) is 24.8 Å². The lowest BCUT2D eigenvalue weighted by Gasteiger charge is -2.19. The van der Waals surface area contributed by atoms with Crippen LogP contribution >= 0.6 is 0 Å². The van der Waals surface area contributed by atoms with Gasteiger partial charge < -0.3 is 14.8 Å². The molecular formula is C17H29NO2. The van der Waals surface area contributed by atoms with Gasteiger partial charge in [-0.25, -0.2) is 0 Å². The molecule has 1 atom stereocenters. The van der Waals surface area contributed by atoms with Crippen LogP contribution in [0.5, 0.6) is 5.75 Å². The van der Waals surface area contributed by atoms with E-state index in [0.29, 0.717) is 0 Å². The van der Waals surface area contributed by atoms with E-state index in [9.17, 15) is 0 Å². The van der Waals surface area contributed by atoms with Crippen molar-refractivity contribution in [2.24, 2.45) is 0 Å². The highest BCUT2D eigenvalue weighted by molar-refractivity contribution is 5.29. The lowest BCUT2D eigenvalue weighted by Crippen LogP contribution is -2.25. The van der Waals surface area contributed by atoms with E-state index in [0.717, 1.165) is 31.9 Å². The van der Waals surface area contributed by atoms with Gasteiger partial charge in [-0.2, -0.15) is 0 Å². The molecular weight excluding hydrogens is 250 g/mol. The summed E-state index contributed by atoms with van der Waals surface area (Å²) in [6, 6.07) is 8.47. The Morgan fingerprint density at radius 1 is 1.05 bits per heavy atom. The zero-order chi connectivity index (χ0) is 14.6. The van der Waals surface area contributed by atoms with Crippen molar-refractivity contribution < 1.29 is 9.47 Å². The number of unbranched alkanes of at least 4 members (excludes halogenated alkanes) is 3. The van der Waals surface area contributed by atoms with Crippen LogP contribution in [0.15, 0.2) is 24.3 Å². The summed E-state index contributed by atoms with van der Waals surface area (Å²) in [5.41, 5.74) is 1.25. The Hall–Kier alpha value is -1.06. The smallest absolute Gasteiger partial charge is 0.118 e. The topological polar surface area (TPSA) is 30.5 Å². The van der Waals surface area contributed by atoms with Gasteiger partial charge in [0, 0.05) is 6.61 Å². The lowest BCUT2D eigenvalue weighted by atomic mass is 10.1. The van der Waals surface area contributed by atoms with Crippen molar-refractivity contribution in [3.8, 4) is 5.75 Å². The number of hydrogen-bond donors (Lipinski definition) is 1. The van der Waals surface area contributed by atoms with E-state index >= 15 is 0 Å². The molecule has 0 aliphatic carbocycles. The molecule has 0 spiro atoms. The number of hydrogen-bond acceptors (Lipinski definition) is 3. The summed E-state index contributed by atoms with van der Waals surface area (Å²) in [6.07, 6.45) is 5.00. The summed E-state index contributed by atoms with van der Waals surface area (Å²) in [7, 11) is 1.69. The van der Waals surface area contributed by atoms with Crippen molar-refractivity contribution >= 4 is 0 Å². The molecule has 0 saturated heterocycles. The Kier molecular flexibility index (Phi) is 9.09. The first kappa shape index (κ1) is 17.0. The SMILES string of the molecule is CCCCCCOCC(NCC)c1ccc(OC)cc1.